The molecule has 26 heavy (non-hydrogen) atoms. The minimum Gasteiger partial charge on any atom is -0.463 e. The van der Waals surface area contributed by atoms with Crippen LogP contribution in [0.25, 0.3) is 0 Å². The molecule has 5 nitrogen and oxygen atoms in total. The van der Waals surface area contributed by atoms with Crippen molar-refractivity contribution in [2.75, 3.05) is 36.2 Å². The van der Waals surface area contributed by atoms with Crippen LogP contribution in [0.5, 0.6) is 0 Å². The predicted octanol–water partition coefficient (Wildman–Crippen LogP) is 2.76. The third kappa shape index (κ3) is 3.74. The van der Waals surface area contributed by atoms with Gasteiger partial charge in [-0.2, -0.15) is 0 Å². The van der Waals surface area contributed by atoms with Crippen molar-refractivity contribution in [3.63, 3.8) is 0 Å². The Morgan fingerprint density at radius 1 is 1.00 bits per heavy atom. The maximum absolute atomic E-state index is 13.1. The summed E-state index contributed by atoms with van der Waals surface area (Å²) in [5, 5.41) is 0. The Bertz CT molecular complexity index is 775. The molecule has 2 aliphatic rings. The third-order valence-corrected chi connectivity index (χ3v) is 4.97. The van der Waals surface area contributed by atoms with Crippen LogP contribution in [0.4, 0.5) is 15.8 Å². The van der Waals surface area contributed by atoms with Crippen molar-refractivity contribution >= 4 is 17.4 Å². The van der Waals surface area contributed by atoms with Gasteiger partial charge in [0.2, 0.25) is 0 Å². The van der Waals surface area contributed by atoms with Gasteiger partial charge in [0.1, 0.15) is 12.4 Å². The fourth-order valence-corrected chi connectivity index (χ4v) is 3.45. The zero-order valence-corrected chi connectivity index (χ0v) is 14.6. The molecule has 0 radical (unpaired) electrons. The van der Waals surface area contributed by atoms with Crippen LogP contribution in [0.1, 0.15) is 12.0 Å². The fraction of sp³-hybridized carbons (Fsp3) is 0.350. The maximum atomic E-state index is 13.1. The standard InChI is InChI=1S/C20H23FN4O/c21-16-4-9-19(10-5-16)25-12-11-24(14-25)18-7-2-15(3-8-18)1-6-17-13-26-20(22)23-17/h2-5,7-10,17H,1,6,11-14H2,(H2,22,23). The van der Waals surface area contributed by atoms with E-state index >= 15 is 0 Å². The number of nitrogens with two attached hydrogens (primary N) is 1. The lowest BCUT2D eigenvalue weighted by molar-refractivity contribution is 0.308. The van der Waals surface area contributed by atoms with Gasteiger partial charge in [0.15, 0.2) is 0 Å². The van der Waals surface area contributed by atoms with E-state index in [0.717, 1.165) is 38.3 Å². The highest BCUT2D eigenvalue weighted by atomic mass is 19.1. The van der Waals surface area contributed by atoms with E-state index in [1.165, 1.54) is 23.4 Å². The van der Waals surface area contributed by atoms with E-state index in [1.807, 2.05) is 12.1 Å². The molecular weight excluding hydrogens is 331 g/mol. The second-order valence-electron chi connectivity index (χ2n) is 6.78. The van der Waals surface area contributed by atoms with Crippen LogP contribution in [0.2, 0.25) is 0 Å². The smallest absolute Gasteiger partial charge is 0.282 e. The Morgan fingerprint density at radius 3 is 2.19 bits per heavy atom. The van der Waals surface area contributed by atoms with Crippen LogP contribution in [-0.2, 0) is 11.2 Å². The molecule has 2 heterocycles. The molecule has 0 aliphatic carbocycles. The summed E-state index contributed by atoms with van der Waals surface area (Å²) in [6.07, 6.45) is 1.91. The Morgan fingerprint density at radius 2 is 1.62 bits per heavy atom. The zero-order chi connectivity index (χ0) is 17.9. The average Bonchev–Trinajstić information content (AvgIpc) is 3.30. The molecule has 2 aliphatic heterocycles. The van der Waals surface area contributed by atoms with Gasteiger partial charge in [0, 0.05) is 24.5 Å². The van der Waals surface area contributed by atoms with Crippen molar-refractivity contribution < 1.29 is 9.13 Å². The first-order valence-electron chi connectivity index (χ1n) is 8.98. The molecule has 1 saturated heterocycles. The number of ether oxygens (including phenoxy) is 1. The van der Waals surface area contributed by atoms with E-state index in [0.29, 0.717) is 12.6 Å². The molecule has 1 fully saturated rings. The summed E-state index contributed by atoms with van der Waals surface area (Å²) in [6, 6.07) is 15.9. The Balaban J connectivity index is 1.33. The second-order valence-corrected chi connectivity index (χ2v) is 6.78. The second kappa shape index (κ2) is 7.23. The van der Waals surface area contributed by atoms with Crippen molar-refractivity contribution in [1.82, 2.24) is 0 Å². The van der Waals surface area contributed by atoms with Gasteiger partial charge < -0.3 is 20.3 Å². The summed E-state index contributed by atoms with van der Waals surface area (Å²) >= 11 is 0. The number of nitrogens with zero attached hydrogens (tertiary/aromatic N) is 3. The van der Waals surface area contributed by atoms with Crippen molar-refractivity contribution in [3.05, 3.63) is 59.9 Å². The van der Waals surface area contributed by atoms with Gasteiger partial charge in [-0.1, -0.05) is 12.1 Å². The molecule has 1 unspecified atom stereocenters. The highest BCUT2D eigenvalue weighted by molar-refractivity contribution is 5.73. The van der Waals surface area contributed by atoms with Gasteiger partial charge in [-0.3, -0.25) is 0 Å². The highest BCUT2D eigenvalue weighted by Crippen LogP contribution is 2.24. The van der Waals surface area contributed by atoms with Gasteiger partial charge in [-0.05, 0) is 54.8 Å². The van der Waals surface area contributed by atoms with E-state index in [-0.39, 0.29) is 11.9 Å². The molecule has 136 valence electrons. The van der Waals surface area contributed by atoms with E-state index in [4.69, 9.17) is 10.5 Å². The molecular formula is C20H23FN4O. The number of hydrogen-bond acceptors (Lipinski definition) is 5. The van der Waals surface area contributed by atoms with Gasteiger partial charge in [-0.15, -0.1) is 0 Å². The van der Waals surface area contributed by atoms with Crippen LogP contribution in [-0.4, -0.2) is 38.4 Å². The predicted molar refractivity (Wildman–Crippen MR) is 102 cm³/mol. The first kappa shape index (κ1) is 16.7. The van der Waals surface area contributed by atoms with Crippen molar-refractivity contribution in [1.29, 1.82) is 0 Å². The van der Waals surface area contributed by atoms with E-state index < -0.39 is 0 Å². The van der Waals surface area contributed by atoms with Gasteiger partial charge in [0.25, 0.3) is 6.02 Å². The number of hydrogen-bond donors (Lipinski definition) is 1. The molecule has 0 aromatic heterocycles. The van der Waals surface area contributed by atoms with Crippen LogP contribution < -0.4 is 15.5 Å². The quantitative estimate of drug-likeness (QED) is 0.897. The Labute approximate surface area is 152 Å². The lowest BCUT2D eigenvalue weighted by Crippen LogP contribution is -2.24. The summed E-state index contributed by atoms with van der Waals surface area (Å²) < 4.78 is 18.3. The third-order valence-electron chi connectivity index (χ3n) is 4.97. The topological polar surface area (TPSA) is 54.1 Å². The summed E-state index contributed by atoms with van der Waals surface area (Å²) in [6.45, 7) is 3.31. The molecule has 0 bridgehead atoms. The number of rotatable bonds is 5. The molecule has 0 spiro atoms. The summed E-state index contributed by atoms with van der Waals surface area (Å²) in [4.78, 5) is 8.86. The molecule has 0 saturated carbocycles. The zero-order valence-electron chi connectivity index (χ0n) is 14.6. The number of halogens is 1. The van der Waals surface area contributed by atoms with E-state index in [9.17, 15) is 4.39 Å². The molecule has 6 heteroatoms. The normalized spacial score (nSPS) is 19.6. The highest BCUT2D eigenvalue weighted by Gasteiger charge is 2.21. The Kier molecular flexibility index (Phi) is 4.65. The average molecular weight is 354 g/mol. The monoisotopic (exact) mass is 354 g/mol. The minimum absolute atomic E-state index is 0.178. The van der Waals surface area contributed by atoms with Gasteiger partial charge >= 0.3 is 0 Å². The van der Waals surface area contributed by atoms with Crippen molar-refractivity contribution in [2.24, 2.45) is 10.7 Å². The molecule has 0 amide bonds. The molecule has 1 atom stereocenters. The number of benzene rings is 2. The van der Waals surface area contributed by atoms with Gasteiger partial charge in [-0.25, -0.2) is 9.38 Å². The number of amidine groups is 1. The SMILES string of the molecule is NC1=NC(CCc2ccc(N3CCN(c4ccc(F)cc4)C3)cc2)CO1. The maximum Gasteiger partial charge on any atom is 0.282 e. The molecule has 2 aromatic rings. The lowest BCUT2D eigenvalue weighted by Gasteiger charge is -2.21. The van der Waals surface area contributed by atoms with Gasteiger partial charge in [0.05, 0.1) is 12.7 Å². The lowest BCUT2D eigenvalue weighted by atomic mass is 10.1. The van der Waals surface area contributed by atoms with Crippen LogP contribution in [0.15, 0.2) is 53.5 Å². The minimum atomic E-state index is -0.196. The first-order valence-corrected chi connectivity index (χ1v) is 8.98. The summed E-state index contributed by atoms with van der Waals surface area (Å²) in [7, 11) is 0. The Hall–Kier alpha value is -2.76. The molecule has 2 aromatic carbocycles. The largest absolute Gasteiger partial charge is 0.463 e. The van der Waals surface area contributed by atoms with Crippen LogP contribution >= 0.6 is 0 Å². The van der Waals surface area contributed by atoms with E-state index in [2.05, 4.69) is 39.1 Å². The fourth-order valence-electron chi connectivity index (χ4n) is 3.45. The van der Waals surface area contributed by atoms with Crippen LogP contribution in [0.3, 0.4) is 0 Å². The number of aryl methyl sites for hydroxylation is 1. The van der Waals surface area contributed by atoms with E-state index in [1.54, 1.807) is 0 Å². The summed E-state index contributed by atoms with van der Waals surface area (Å²) in [5.41, 5.74) is 9.11. The molecule has 2 N–H and O–H groups in total. The number of anilines is 2. The first-order chi connectivity index (χ1) is 12.7. The molecule has 4 rings (SSSR count). The summed E-state index contributed by atoms with van der Waals surface area (Å²) in [5.74, 6) is -0.196. The van der Waals surface area contributed by atoms with Crippen molar-refractivity contribution in [2.45, 2.75) is 18.9 Å². The number of aliphatic imine (C=N–C) groups is 1. The van der Waals surface area contributed by atoms with Crippen molar-refractivity contribution in [3.8, 4) is 0 Å². The van der Waals surface area contributed by atoms with Crippen LogP contribution in [0, 0.1) is 5.82 Å².